The first-order valence-corrected chi connectivity index (χ1v) is 7.35. The second-order valence-electron chi connectivity index (χ2n) is 4.50. The molecule has 2 aromatic rings. The molecule has 2 rings (SSSR count). The van der Waals surface area contributed by atoms with E-state index in [1.165, 1.54) is 4.88 Å². The van der Waals surface area contributed by atoms with Crippen LogP contribution in [0.25, 0.3) is 0 Å². The maximum atomic E-state index is 5.51. The average molecular weight is 276 g/mol. The van der Waals surface area contributed by atoms with Crippen molar-refractivity contribution in [3.8, 4) is 5.75 Å². The van der Waals surface area contributed by atoms with Gasteiger partial charge in [0.1, 0.15) is 5.75 Å². The summed E-state index contributed by atoms with van der Waals surface area (Å²) in [4.78, 5) is 5.87. The quantitative estimate of drug-likeness (QED) is 0.882. The summed E-state index contributed by atoms with van der Waals surface area (Å²) < 4.78 is 5.51. The number of nitrogens with zero attached hydrogens (tertiary/aromatic N) is 1. The highest BCUT2D eigenvalue weighted by Crippen LogP contribution is 2.26. The number of benzene rings is 1. The van der Waals surface area contributed by atoms with E-state index in [0.717, 1.165) is 22.1 Å². The number of aromatic nitrogens is 1. The normalized spacial score (nSPS) is 12.2. The minimum atomic E-state index is 0.196. The molecule has 0 aliphatic heterocycles. The van der Waals surface area contributed by atoms with Gasteiger partial charge >= 0.3 is 0 Å². The fourth-order valence-electron chi connectivity index (χ4n) is 2.11. The summed E-state index contributed by atoms with van der Waals surface area (Å²) in [5.41, 5.74) is 2.19. The molecule has 1 unspecified atom stereocenters. The maximum Gasteiger partial charge on any atom is 0.121 e. The minimum absolute atomic E-state index is 0.196. The molecule has 0 amide bonds. The van der Waals surface area contributed by atoms with Crippen molar-refractivity contribution >= 4 is 17.0 Å². The summed E-state index contributed by atoms with van der Waals surface area (Å²) in [6.45, 7) is 8.97. The Balaban J connectivity index is 2.12. The molecule has 1 N–H and O–H groups in total. The molecular weight excluding hydrogens is 256 g/mol. The zero-order valence-corrected chi connectivity index (χ0v) is 12.7. The molecule has 1 aromatic heterocycles. The van der Waals surface area contributed by atoms with Crippen molar-refractivity contribution in [3.05, 3.63) is 39.8 Å². The second-order valence-corrected chi connectivity index (χ2v) is 5.91. The number of anilines is 1. The molecule has 0 spiro atoms. The molecule has 1 heterocycles. The predicted octanol–water partition coefficient (Wildman–Crippen LogP) is 4.33. The van der Waals surface area contributed by atoms with Crippen molar-refractivity contribution in [2.75, 3.05) is 11.9 Å². The molecule has 102 valence electrons. The molecule has 0 bridgehead atoms. The van der Waals surface area contributed by atoms with Crippen LogP contribution >= 0.6 is 11.3 Å². The van der Waals surface area contributed by atoms with E-state index in [2.05, 4.69) is 24.1 Å². The molecule has 0 aliphatic carbocycles. The average Bonchev–Trinajstić information content (AvgIpc) is 2.69. The molecule has 19 heavy (non-hydrogen) atoms. The molecule has 0 aliphatic rings. The standard InChI is InChI=1S/C15H20N2OS/c1-5-18-14-8-6-7-13(9-14)16-10(2)15-11(3)19-12(4)17-15/h6-10,16H,5H2,1-4H3. The van der Waals surface area contributed by atoms with Gasteiger partial charge in [-0.05, 0) is 39.8 Å². The number of hydrogen-bond donors (Lipinski definition) is 1. The molecule has 0 radical (unpaired) electrons. The van der Waals surface area contributed by atoms with Crippen LogP contribution in [0.3, 0.4) is 0 Å². The zero-order valence-electron chi connectivity index (χ0n) is 11.9. The van der Waals surface area contributed by atoms with E-state index in [1.807, 2.05) is 38.1 Å². The van der Waals surface area contributed by atoms with Crippen LogP contribution in [0.4, 0.5) is 5.69 Å². The third kappa shape index (κ3) is 3.47. The number of rotatable bonds is 5. The number of aryl methyl sites for hydroxylation is 2. The molecule has 0 fully saturated rings. The topological polar surface area (TPSA) is 34.1 Å². The third-order valence-electron chi connectivity index (χ3n) is 2.88. The number of ether oxygens (including phenoxy) is 1. The molecule has 3 nitrogen and oxygen atoms in total. The molecule has 4 heteroatoms. The fraction of sp³-hybridized carbons (Fsp3) is 0.400. The lowest BCUT2D eigenvalue weighted by Gasteiger charge is -2.15. The Morgan fingerprint density at radius 2 is 2.16 bits per heavy atom. The van der Waals surface area contributed by atoms with E-state index in [9.17, 15) is 0 Å². The summed E-state index contributed by atoms with van der Waals surface area (Å²) in [6.07, 6.45) is 0. The number of thiazole rings is 1. The van der Waals surface area contributed by atoms with Crippen LogP contribution in [0.5, 0.6) is 5.75 Å². The first-order valence-electron chi connectivity index (χ1n) is 6.53. The summed E-state index contributed by atoms with van der Waals surface area (Å²) in [7, 11) is 0. The van der Waals surface area contributed by atoms with Gasteiger partial charge in [0.2, 0.25) is 0 Å². The molecule has 0 saturated heterocycles. The van der Waals surface area contributed by atoms with Gasteiger partial charge in [-0.1, -0.05) is 6.07 Å². The van der Waals surface area contributed by atoms with Crippen LogP contribution in [-0.4, -0.2) is 11.6 Å². The fourth-order valence-corrected chi connectivity index (χ4v) is 3.02. The Labute approximate surface area is 118 Å². The lowest BCUT2D eigenvalue weighted by molar-refractivity contribution is 0.340. The van der Waals surface area contributed by atoms with Crippen LogP contribution in [0.15, 0.2) is 24.3 Å². The Bertz CT molecular complexity index is 551. The first kappa shape index (κ1) is 13.9. The van der Waals surface area contributed by atoms with Crippen molar-refractivity contribution in [1.29, 1.82) is 0 Å². The lowest BCUT2D eigenvalue weighted by Crippen LogP contribution is -2.08. The largest absolute Gasteiger partial charge is 0.494 e. The van der Waals surface area contributed by atoms with Gasteiger partial charge in [0, 0.05) is 16.6 Å². The van der Waals surface area contributed by atoms with Gasteiger partial charge in [0.15, 0.2) is 0 Å². The smallest absolute Gasteiger partial charge is 0.121 e. The third-order valence-corrected chi connectivity index (χ3v) is 3.78. The van der Waals surface area contributed by atoms with Crippen molar-refractivity contribution in [2.24, 2.45) is 0 Å². The van der Waals surface area contributed by atoms with Crippen molar-refractivity contribution in [3.63, 3.8) is 0 Å². The Morgan fingerprint density at radius 1 is 1.37 bits per heavy atom. The monoisotopic (exact) mass is 276 g/mol. The summed E-state index contributed by atoms with van der Waals surface area (Å²) in [5, 5.41) is 4.59. The summed E-state index contributed by atoms with van der Waals surface area (Å²) >= 11 is 1.74. The maximum absolute atomic E-state index is 5.51. The highest BCUT2D eigenvalue weighted by atomic mass is 32.1. The minimum Gasteiger partial charge on any atom is -0.494 e. The Hall–Kier alpha value is -1.55. The van der Waals surface area contributed by atoms with Crippen molar-refractivity contribution < 1.29 is 4.74 Å². The van der Waals surface area contributed by atoms with Gasteiger partial charge in [-0.15, -0.1) is 11.3 Å². The molecular formula is C15H20N2OS. The first-order chi connectivity index (χ1) is 9.10. The zero-order chi connectivity index (χ0) is 13.8. The van der Waals surface area contributed by atoms with Gasteiger partial charge in [-0.25, -0.2) is 4.98 Å². The van der Waals surface area contributed by atoms with Crippen LogP contribution in [0, 0.1) is 13.8 Å². The Kier molecular flexibility index (Phi) is 4.43. The van der Waals surface area contributed by atoms with Gasteiger partial charge in [-0.3, -0.25) is 0 Å². The van der Waals surface area contributed by atoms with Crippen molar-refractivity contribution in [2.45, 2.75) is 33.7 Å². The highest BCUT2D eigenvalue weighted by Gasteiger charge is 2.13. The molecule has 1 atom stereocenters. The van der Waals surface area contributed by atoms with Crippen LogP contribution in [0.1, 0.15) is 35.5 Å². The lowest BCUT2D eigenvalue weighted by atomic mass is 10.2. The van der Waals surface area contributed by atoms with Gasteiger partial charge in [0.25, 0.3) is 0 Å². The van der Waals surface area contributed by atoms with E-state index < -0.39 is 0 Å². The van der Waals surface area contributed by atoms with E-state index in [0.29, 0.717) is 6.61 Å². The van der Waals surface area contributed by atoms with E-state index in [-0.39, 0.29) is 6.04 Å². The predicted molar refractivity (Wildman–Crippen MR) is 81.2 cm³/mol. The van der Waals surface area contributed by atoms with E-state index in [4.69, 9.17) is 4.74 Å². The number of nitrogens with one attached hydrogen (secondary N) is 1. The van der Waals surface area contributed by atoms with E-state index >= 15 is 0 Å². The summed E-state index contributed by atoms with van der Waals surface area (Å²) in [6, 6.07) is 8.24. The molecule has 0 saturated carbocycles. The molecule has 1 aromatic carbocycles. The van der Waals surface area contributed by atoms with Gasteiger partial charge < -0.3 is 10.1 Å². The van der Waals surface area contributed by atoms with Crippen LogP contribution in [-0.2, 0) is 0 Å². The highest BCUT2D eigenvalue weighted by molar-refractivity contribution is 7.11. The van der Waals surface area contributed by atoms with Gasteiger partial charge in [0.05, 0.1) is 23.4 Å². The second kappa shape index (κ2) is 6.06. The summed E-state index contributed by atoms with van der Waals surface area (Å²) in [5.74, 6) is 0.894. The number of hydrogen-bond acceptors (Lipinski definition) is 4. The van der Waals surface area contributed by atoms with Gasteiger partial charge in [-0.2, -0.15) is 0 Å². The van der Waals surface area contributed by atoms with Crippen LogP contribution in [0.2, 0.25) is 0 Å². The van der Waals surface area contributed by atoms with E-state index in [1.54, 1.807) is 11.3 Å². The van der Waals surface area contributed by atoms with Crippen molar-refractivity contribution in [1.82, 2.24) is 4.98 Å². The SMILES string of the molecule is CCOc1cccc(NC(C)c2nc(C)sc2C)c1. The van der Waals surface area contributed by atoms with Crippen LogP contribution < -0.4 is 10.1 Å². The Morgan fingerprint density at radius 3 is 2.79 bits per heavy atom.